The molecule has 0 aliphatic rings. The second-order valence-electron chi connectivity index (χ2n) is 6.62. The molecule has 6 nitrogen and oxygen atoms in total. The summed E-state index contributed by atoms with van der Waals surface area (Å²) in [5.74, 6) is -2.08. The number of alkyl halides is 3. The number of hydrogen-bond acceptors (Lipinski definition) is 4. The number of amides is 1. The first-order chi connectivity index (χ1) is 14.7. The molecule has 0 saturated carbocycles. The molecule has 2 N–H and O–H groups in total. The predicted molar refractivity (Wildman–Crippen MR) is 102 cm³/mol. The van der Waals surface area contributed by atoms with Gasteiger partial charge in [-0.1, -0.05) is 12.1 Å². The number of fused-ring (bicyclic) bond motifs is 1. The van der Waals surface area contributed by atoms with Crippen LogP contribution in [0.4, 0.5) is 17.6 Å². The van der Waals surface area contributed by atoms with Gasteiger partial charge in [-0.3, -0.25) is 14.8 Å². The number of hydrogen-bond donors (Lipinski definition) is 2. The van der Waals surface area contributed by atoms with Gasteiger partial charge in [-0.15, -0.1) is 0 Å². The molecule has 31 heavy (non-hydrogen) atoms. The predicted octanol–water partition coefficient (Wildman–Crippen LogP) is 4.19. The van der Waals surface area contributed by atoms with Crippen molar-refractivity contribution < 1.29 is 26.8 Å². The number of nitrogens with one attached hydrogen (secondary N) is 2. The van der Waals surface area contributed by atoms with Gasteiger partial charge in [0, 0.05) is 11.8 Å². The van der Waals surface area contributed by atoms with E-state index in [0.717, 1.165) is 30.3 Å². The zero-order valence-electron chi connectivity index (χ0n) is 15.5. The monoisotopic (exact) mass is 431 g/mol. The molecule has 0 bridgehead atoms. The van der Waals surface area contributed by atoms with Crippen LogP contribution in [0.3, 0.4) is 0 Å². The quantitative estimate of drug-likeness (QED) is 0.475. The van der Waals surface area contributed by atoms with Crippen LogP contribution in [0.25, 0.3) is 11.1 Å². The molecule has 0 spiro atoms. The summed E-state index contributed by atoms with van der Waals surface area (Å²) in [5, 5.41) is 2.59. The Morgan fingerprint density at radius 2 is 1.84 bits per heavy atom. The van der Waals surface area contributed by atoms with Crippen molar-refractivity contribution in [2.75, 3.05) is 0 Å². The van der Waals surface area contributed by atoms with E-state index in [1.165, 1.54) is 30.5 Å². The fraction of sp³-hybridized carbons (Fsp3) is 0.0952. The zero-order valence-corrected chi connectivity index (χ0v) is 15.5. The van der Waals surface area contributed by atoms with Crippen molar-refractivity contribution >= 4 is 17.0 Å². The molecule has 0 aliphatic carbocycles. The second-order valence-corrected chi connectivity index (χ2v) is 6.62. The van der Waals surface area contributed by atoms with E-state index in [-0.39, 0.29) is 27.9 Å². The SMILES string of the molecule is O=C(NC(c1ccc(C(F)(F)F)cc1)c1ncccc1F)c1ccc2oc(=O)[nH]c2c1. The van der Waals surface area contributed by atoms with Gasteiger partial charge in [0.1, 0.15) is 11.5 Å². The van der Waals surface area contributed by atoms with Crippen molar-refractivity contribution in [3.8, 4) is 0 Å². The van der Waals surface area contributed by atoms with Gasteiger partial charge < -0.3 is 9.73 Å². The number of H-pyrrole nitrogens is 1. The molecule has 4 rings (SSSR count). The standard InChI is InChI=1S/C21H13F4N3O3/c22-14-2-1-9-26-18(14)17(11-3-6-13(7-4-11)21(23,24)25)28-19(29)12-5-8-16-15(10-12)27-20(30)31-16/h1-10,17H,(H,27,30)(H,28,29). The Morgan fingerprint density at radius 1 is 1.10 bits per heavy atom. The summed E-state index contributed by atoms with van der Waals surface area (Å²) in [6, 6.07) is 9.50. The van der Waals surface area contributed by atoms with Crippen LogP contribution in [-0.4, -0.2) is 15.9 Å². The van der Waals surface area contributed by atoms with Crippen LogP contribution in [0.1, 0.15) is 33.2 Å². The maximum atomic E-state index is 14.4. The molecule has 1 atom stereocenters. The highest BCUT2D eigenvalue weighted by molar-refractivity contribution is 5.97. The first-order valence-corrected chi connectivity index (χ1v) is 8.93. The molecule has 4 aromatic rings. The number of halogens is 4. The Balaban J connectivity index is 1.71. The number of aromatic amines is 1. The van der Waals surface area contributed by atoms with Crippen LogP contribution in [0.5, 0.6) is 0 Å². The Bertz CT molecular complexity index is 1310. The van der Waals surface area contributed by atoms with Crippen molar-refractivity contribution in [2.45, 2.75) is 12.2 Å². The van der Waals surface area contributed by atoms with Crippen LogP contribution >= 0.6 is 0 Å². The number of rotatable bonds is 4. The van der Waals surface area contributed by atoms with Crippen molar-refractivity contribution in [2.24, 2.45) is 0 Å². The van der Waals surface area contributed by atoms with E-state index in [9.17, 15) is 27.2 Å². The molecule has 0 radical (unpaired) electrons. The van der Waals surface area contributed by atoms with Gasteiger partial charge in [-0.2, -0.15) is 13.2 Å². The van der Waals surface area contributed by atoms with Crippen molar-refractivity contribution in [1.82, 2.24) is 15.3 Å². The third-order valence-electron chi connectivity index (χ3n) is 4.59. The molecule has 1 unspecified atom stereocenters. The molecule has 158 valence electrons. The van der Waals surface area contributed by atoms with Gasteiger partial charge in [0.2, 0.25) is 0 Å². The lowest BCUT2D eigenvalue weighted by Crippen LogP contribution is -2.30. The summed E-state index contributed by atoms with van der Waals surface area (Å²) < 4.78 is 58.0. The van der Waals surface area contributed by atoms with Crippen LogP contribution in [-0.2, 0) is 6.18 Å². The first kappa shape index (κ1) is 20.3. The maximum Gasteiger partial charge on any atom is 0.417 e. The van der Waals surface area contributed by atoms with E-state index in [2.05, 4.69) is 15.3 Å². The molecule has 0 aliphatic heterocycles. The van der Waals surface area contributed by atoms with Gasteiger partial charge in [-0.25, -0.2) is 9.18 Å². The number of oxazole rings is 1. The third-order valence-corrected chi connectivity index (χ3v) is 4.59. The molecule has 0 saturated heterocycles. The Kier molecular flexibility index (Phi) is 5.05. The van der Waals surface area contributed by atoms with Crippen molar-refractivity contribution in [1.29, 1.82) is 0 Å². The molecule has 0 fully saturated rings. The number of benzene rings is 2. The summed E-state index contributed by atoms with van der Waals surface area (Å²) in [5.41, 5.74) is -0.176. The molecule has 10 heteroatoms. The molecular weight excluding hydrogens is 418 g/mol. The average Bonchev–Trinajstić information content (AvgIpc) is 3.11. The Hall–Kier alpha value is -3.95. The van der Waals surface area contributed by atoms with E-state index >= 15 is 0 Å². The summed E-state index contributed by atoms with van der Waals surface area (Å²) in [7, 11) is 0. The Labute approximate surface area is 171 Å². The fourth-order valence-electron chi connectivity index (χ4n) is 3.09. The normalized spacial score (nSPS) is 12.6. The largest absolute Gasteiger partial charge is 0.417 e. The molecular formula is C21H13F4N3O3. The third kappa shape index (κ3) is 4.18. The first-order valence-electron chi connectivity index (χ1n) is 8.93. The summed E-state index contributed by atoms with van der Waals surface area (Å²) in [6.07, 6.45) is -3.23. The minimum atomic E-state index is -4.54. The number of nitrogens with zero attached hydrogens (tertiary/aromatic N) is 1. The lowest BCUT2D eigenvalue weighted by molar-refractivity contribution is -0.137. The number of carbonyl (C=O) groups excluding carboxylic acids is 1. The zero-order chi connectivity index (χ0) is 22.2. The van der Waals surface area contributed by atoms with Crippen molar-refractivity contribution in [3.63, 3.8) is 0 Å². The smallest absolute Gasteiger partial charge is 0.408 e. The summed E-state index contributed by atoms with van der Waals surface area (Å²) in [6.45, 7) is 0. The van der Waals surface area contributed by atoms with Crippen LogP contribution < -0.4 is 11.1 Å². The van der Waals surface area contributed by atoms with Crippen LogP contribution in [0.2, 0.25) is 0 Å². The summed E-state index contributed by atoms with van der Waals surface area (Å²) in [4.78, 5) is 30.5. The van der Waals surface area contributed by atoms with E-state index in [4.69, 9.17) is 4.42 Å². The van der Waals surface area contributed by atoms with E-state index in [1.807, 2.05) is 0 Å². The lowest BCUT2D eigenvalue weighted by atomic mass is 10.00. The van der Waals surface area contributed by atoms with Gasteiger partial charge in [0.05, 0.1) is 17.1 Å². The highest BCUT2D eigenvalue weighted by Gasteiger charge is 2.31. The lowest BCUT2D eigenvalue weighted by Gasteiger charge is -2.20. The highest BCUT2D eigenvalue weighted by Crippen LogP contribution is 2.31. The second kappa shape index (κ2) is 7.71. The molecule has 1 amide bonds. The van der Waals surface area contributed by atoms with E-state index in [0.29, 0.717) is 0 Å². The topological polar surface area (TPSA) is 88.0 Å². The van der Waals surface area contributed by atoms with Gasteiger partial charge in [0.15, 0.2) is 5.58 Å². The van der Waals surface area contributed by atoms with Crippen LogP contribution in [0, 0.1) is 5.82 Å². The highest BCUT2D eigenvalue weighted by atomic mass is 19.4. The number of pyridine rings is 1. The van der Waals surface area contributed by atoms with Crippen LogP contribution in [0.15, 0.2) is 70.0 Å². The number of aromatic nitrogens is 2. The van der Waals surface area contributed by atoms with E-state index in [1.54, 1.807) is 0 Å². The summed E-state index contributed by atoms with van der Waals surface area (Å²) >= 11 is 0. The van der Waals surface area contributed by atoms with Gasteiger partial charge >= 0.3 is 11.9 Å². The Morgan fingerprint density at radius 3 is 2.52 bits per heavy atom. The maximum absolute atomic E-state index is 14.4. The number of carbonyl (C=O) groups is 1. The minimum absolute atomic E-state index is 0.123. The minimum Gasteiger partial charge on any atom is -0.408 e. The average molecular weight is 431 g/mol. The van der Waals surface area contributed by atoms with Gasteiger partial charge in [-0.05, 0) is 48.0 Å². The van der Waals surface area contributed by atoms with E-state index < -0.39 is 35.3 Å². The molecule has 2 aromatic heterocycles. The van der Waals surface area contributed by atoms with Crippen molar-refractivity contribution in [3.05, 3.63) is 99.5 Å². The fourth-order valence-corrected chi connectivity index (χ4v) is 3.09. The van der Waals surface area contributed by atoms with Gasteiger partial charge in [0.25, 0.3) is 5.91 Å². The molecule has 2 heterocycles. The molecule has 2 aromatic carbocycles.